The van der Waals surface area contributed by atoms with E-state index in [1.807, 2.05) is 6.07 Å². The lowest BCUT2D eigenvalue weighted by atomic mass is 10.1. The molecule has 2 rings (SSSR count). The lowest BCUT2D eigenvalue weighted by molar-refractivity contribution is -0.130. The number of carboxylic acid groups (broad SMARTS) is 1. The van der Waals surface area contributed by atoms with Gasteiger partial charge in [0.15, 0.2) is 0 Å². The Bertz CT molecular complexity index is 668. The van der Waals surface area contributed by atoms with Gasteiger partial charge in [0.05, 0.1) is 6.61 Å². The van der Waals surface area contributed by atoms with Crippen molar-refractivity contribution in [2.45, 2.75) is 26.2 Å². The summed E-state index contributed by atoms with van der Waals surface area (Å²) in [6, 6.07) is 14.0. The molecule has 24 heavy (non-hydrogen) atoms. The smallest absolute Gasteiger partial charge is 0.343 e. The Balaban J connectivity index is 2.34. The van der Waals surface area contributed by atoms with E-state index in [0.29, 0.717) is 12.2 Å². The van der Waals surface area contributed by atoms with Crippen LogP contribution in [-0.4, -0.2) is 22.7 Å². The third-order valence-electron chi connectivity index (χ3n) is 3.30. The quantitative estimate of drug-likeness (QED) is 0.426. The Labute approximate surface area is 141 Å². The Hall–Kier alpha value is -2.82. The lowest BCUT2D eigenvalue weighted by Gasteiger charge is -2.14. The minimum absolute atomic E-state index is 0.0160. The molecule has 0 fully saturated rings. The van der Waals surface area contributed by atoms with E-state index < -0.39 is 5.97 Å². The summed E-state index contributed by atoms with van der Waals surface area (Å²) in [5, 5.41) is 9.64. The van der Waals surface area contributed by atoms with Gasteiger partial charge in [-0.15, -0.1) is 0 Å². The van der Waals surface area contributed by atoms with Gasteiger partial charge in [-0.25, -0.2) is 9.78 Å². The number of aliphatic carboxylic acids is 1. The highest BCUT2D eigenvalue weighted by Crippen LogP contribution is 2.23. The second kappa shape index (κ2) is 9.35. The van der Waals surface area contributed by atoms with Crippen molar-refractivity contribution in [1.29, 1.82) is 0 Å². The van der Waals surface area contributed by atoms with Crippen LogP contribution in [0.5, 0.6) is 5.88 Å². The highest BCUT2D eigenvalue weighted by molar-refractivity contribution is 6.15. The van der Waals surface area contributed by atoms with Gasteiger partial charge in [-0.1, -0.05) is 56.2 Å². The van der Waals surface area contributed by atoms with E-state index in [1.54, 1.807) is 48.7 Å². The molecule has 1 heterocycles. The minimum atomic E-state index is -1.11. The van der Waals surface area contributed by atoms with Crippen molar-refractivity contribution in [2.24, 2.45) is 0 Å². The number of nitrogens with zero attached hydrogens (tertiary/aromatic N) is 1. The molecule has 0 aliphatic heterocycles. The number of benzene rings is 1. The number of hydrogen-bond acceptors (Lipinski definition) is 4. The standard InChI is InChI=1S/C19H21NO4/c1-2-3-9-14-23-19(24-16-12-7-8-13-20-16)17(18(21)22)15-10-5-4-6-11-15/h4-8,10-13H,2-3,9,14H2,1H3,(H,21,22). The molecule has 1 aromatic heterocycles. The van der Waals surface area contributed by atoms with Crippen LogP contribution in [0.3, 0.4) is 0 Å². The first kappa shape index (κ1) is 17.5. The van der Waals surface area contributed by atoms with Gasteiger partial charge in [-0.05, 0) is 18.1 Å². The first-order valence-electron chi connectivity index (χ1n) is 7.97. The second-order valence-electron chi connectivity index (χ2n) is 5.16. The van der Waals surface area contributed by atoms with E-state index in [4.69, 9.17) is 9.47 Å². The van der Waals surface area contributed by atoms with Crippen LogP contribution in [-0.2, 0) is 9.53 Å². The molecule has 5 heteroatoms. The van der Waals surface area contributed by atoms with Crippen LogP contribution in [0.15, 0.2) is 60.7 Å². The van der Waals surface area contributed by atoms with Gasteiger partial charge in [-0.3, -0.25) is 0 Å². The van der Waals surface area contributed by atoms with Crippen LogP contribution in [0.1, 0.15) is 31.7 Å². The summed E-state index contributed by atoms with van der Waals surface area (Å²) < 4.78 is 11.3. The number of ether oxygens (including phenoxy) is 2. The Kier molecular flexibility index (Phi) is 6.83. The van der Waals surface area contributed by atoms with Crippen LogP contribution in [0.2, 0.25) is 0 Å². The summed E-state index contributed by atoms with van der Waals surface area (Å²) in [6.45, 7) is 2.48. The van der Waals surface area contributed by atoms with Crippen LogP contribution in [0.25, 0.3) is 5.57 Å². The highest BCUT2D eigenvalue weighted by Gasteiger charge is 2.21. The van der Waals surface area contributed by atoms with E-state index in [0.717, 1.165) is 19.3 Å². The lowest BCUT2D eigenvalue weighted by Crippen LogP contribution is -2.12. The maximum Gasteiger partial charge on any atom is 0.343 e. The average molecular weight is 327 g/mol. The first-order chi connectivity index (χ1) is 11.7. The number of aromatic nitrogens is 1. The molecule has 0 saturated heterocycles. The van der Waals surface area contributed by atoms with Gasteiger partial charge in [0.2, 0.25) is 5.88 Å². The van der Waals surface area contributed by atoms with Crippen LogP contribution in [0, 0.1) is 0 Å². The second-order valence-corrected chi connectivity index (χ2v) is 5.16. The predicted molar refractivity (Wildman–Crippen MR) is 91.3 cm³/mol. The van der Waals surface area contributed by atoms with E-state index in [-0.39, 0.29) is 17.4 Å². The first-order valence-corrected chi connectivity index (χ1v) is 7.97. The highest BCUT2D eigenvalue weighted by atomic mass is 16.7. The molecule has 5 nitrogen and oxygen atoms in total. The number of carboxylic acids is 1. The monoisotopic (exact) mass is 327 g/mol. The SMILES string of the molecule is CCCCCOC(Oc1ccccn1)=C(C(=O)O)c1ccccc1. The normalized spacial score (nSPS) is 11.5. The molecule has 2 aromatic rings. The van der Waals surface area contributed by atoms with Crippen LogP contribution >= 0.6 is 0 Å². The third kappa shape index (κ3) is 5.12. The van der Waals surface area contributed by atoms with E-state index in [1.165, 1.54) is 0 Å². The fourth-order valence-electron chi connectivity index (χ4n) is 2.11. The van der Waals surface area contributed by atoms with Crippen molar-refractivity contribution in [1.82, 2.24) is 4.98 Å². The fraction of sp³-hybridized carbons (Fsp3) is 0.263. The summed E-state index contributed by atoms with van der Waals surface area (Å²) in [5.74, 6) is -0.858. The number of pyridine rings is 1. The third-order valence-corrected chi connectivity index (χ3v) is 3.30. The van der Waals surface area contributed by atoms with Gasteiger partial charge < -0.3 is 14.6 Å². The van der Waals surface area contributed by atoms with Crippen LogP contribution in [0.4, 0.5) is 0 Å². The fourth-order valence-corrected chi connectivity index (χ4v) is 2.11. The average Bonchev–Trinajstić information content (AvgIpc) is 2.60. The molecular weight excluding hydrogens is 306 g/mol. The van der Waals surface area contributed by atoms with Crippen molar-refractivity contribution in [3.63, 3.8) is 0 Å². The Morgan fingerprint density at radius 2 is 1.83 bits per heavy atom. The molecule has 126 valence electrons. The van der Waals surface area contributed by atoms with Crippen molar-refractivity contribution in [2.75, 3.05) is 6.61 Å². The largest absolute Gasteiger partial charge is 0.477 e. The molecule has 0 radical (unpaired) electrons. The van der Waals surface area contributed by atoms with Crippen LogP contribution < -0.4 is 4.74 Å². The molecule has 0 unspecified atom stereocenters. The number of rotatable bonds is 9. The molecule has 0 atom stereocenters. The summed E-state index contributed by atoms with van der Waals surface area (Å²) in [5.41, 5.74) is 0.504. The van der Waals surface area contributed by atoms with Gasteiger partial charge in [0, 0.05) is 12.3 Å². The Morgan fingerprint density at radius 3 is 2.46 bits per heavy atom. The van der Waals surface area contributed by atoms with E-state index in [9.17, 15) is 9.90 Å². The van der Waals surface area contributed by atoms with Crippen molar-refractivity contribution in [3.8, 4) is 5.88 Å². The van der Waals surface area contributed by atoms with Gasteiger partial charge in [-0.2, -0.15) is 0 Å². The molecule has 0 aliphatic rings. The summed E-state index contributed by atoms with van der Waals surface area (Å²) in [6.07, 6.45) is 4.46. The maximum absolute atomic E-state index is 11.8. The predicted octanol–water partition coefficient (Wildman–Crippen LogP) is 4.12. The van der Waals surface area contributed by atoms with E-state index >= 15 is 0 Å². The number of unbranched alkanes of at least 4 members (excludes halogenated alkanes) is 2. The zero-order valence-electron chi connectivity index (χ0n) is 13.6. The molecule has 0 amide bonds. The minimum Gasteiger partial charge on any atom is -0.477 e. The molecule has 0 saturated carbocycles. The number of carbonyl (C=O) groups is 1. The molecule has 0 aliphatic carbocycles. The zero-order valence-corrected chi connectivity index (χ0v) is 13.6. The number of hydrogen-bond donors (Lipinski definition) is 1. The topological polar surface area (TPSA) is 68.7 Å². The molecule has 1 N–H and O–H groups in total. The van der Waals surface area contributed by atoms with Gasteiger partial charge >= 0.3 is 11.9 Å². The molecular formula is C19H21NO4. The summed E-state index contributed by atoms with van der Waals surface area (Å²) in [7, 11) is 0. The Morgan fingerprint density at radius 1 is 1.08 bits per heavy atom. The van der Waals surface area contributed by atoms with Crippen molar-refractivity contribution >= 4 is 11.5 Å². The van der Waals surface area contributed by atoms with Crippen molar-refractivity contribution in [3.05, 3.63) is 66.2 Å². The maximum atomic E-state index is 11.8. The summed E-state index contributed by atoms with van der Waals surface area (Å²) in [4.78, 5) is 15.9. The molecule has 1 aromatic carbocycles. The van der Waals surface area contributed by atoms with Gasteiger partial charge in [0.25, 0.3) is 0 Å². The molecule has 0 bridgehead atoms. The summed E-state index contributed by atoms with van der Waals surface area (Å²) >= 11 is 0. The molecule has 0 spiro atoms. The van der Waals surface area contributed by atoms with E-state index in [2.05, 4.69) is 11.9 Å². The van der Waals surface area contributed by atoms with Gasteiger partial charge in [0.1, 0.15) is 5.57 Å². The van der Waals surface area contributed by atoms with Crippen molar-refractivity contribution < 1.29 is 19.4 Å². The zero-order chi connectivity index (χ0) is 17.2.